The van der Waals surface area contributed by atoms with Crippen molar-refractivity contribution in [2.24, 2.45) is 0 Å². The van der Waals surface area contributed by atoms with Crippen LogP contribution >= 0.6 is 27.5 Å². The van der Waals surface area contributed by atoms with Crippen molar-refractivity contribution < 1.29 is 9.47 Å². The normalized spacial score (nSPS) is 20.9. The van der Waals surface area contributed by atoms with Crippen LogP contribution in [0.15, 0.2) is 18.2 Å². The van der Waals surface area contributed by atoms with E-state index in [9.17, 15) is 0 Å². The topological polar surface area (TPSA) is 21.7 Å². The van der Waals surface area contributed by atoms with Crippen molar-refractivity contribution in [3.8, 4) is 5.75 Å². The molecule has 0 amide bonds. The number of methoxy groups -OCH3 is 1. The smallest absolute Gasteiger partial charge is 0.123 e. The van der Waals surface area contributed by atoms with Crippen molar-refractivity contribution >= 4 is 27.5 Å². The summed E-state index contributed by atoms with van der Waals surface area (Å²) >= 11 is 9.51. The molecule has 1 saturated heterocycles. The molecule has 1 unspecified atom stereocenters. The molecule has 100 valence electrons. The Hall–Kier alpha value is -0.290. The van der Waals surface area contributed by atoms with Crippen LogP contribution in [-0.4, -0.2) is 43.1 Å². The molecule has 1 atom stereocenters. The van der Waals surface area contributed by atoms with E-state index in [2.05, 4.69) is 20.8 Å². The summed E-state index contributed by atoms with van der Waals surface area (Å²) in [6.45, 7) is 3.50. The Kier molecular flexibility index (Phi) is 5.30. The molecule has 1 aliphatic rings. The van der Waals surface area contributed by atoms with Crippen LogP contribution in [-0.2, 0) is 11.3 Å². The maximum absolute atomic E-state index is 6.04. The zero-order valence-corrected chi connectivity index (χ0v) is 12.7. The summed E-state index contributed by atoms with van der Waals surface area (Å²) < 4.78 is 11.0. The Labute approximate surface area is 121 Å². The molecular weight excluding hydrogens is 318 g/mol. The van der Waals surface area contributed by atoms with Gasteiger partial charge in [-0.1, -0.05) is 27.5 Å². The summed E-state index contributed by atoms with van der Waals surface area (Å²) in [6, 6.07) is 5.74. The van der Waals surface area contributed by atoms with Crippen LogP contribution in [0.5, 0.6) is 5.75 Å². The molecule has 5 heteroatoms. The number of benzene rings is 1. The second kappa shape index (κ2) is 6.75. The monoisotopic (exact) mass is 333 g/mol. The van der Waals surface area contributed by atoms with E-state index in [1.807, 2.05) is 18.2 Å². The van der Waals surface area contributed by atoms with E-state index < -0.39 is 0 Å². The Morgan fingerprint density at radius 2 is 2.39 bits per heavy atom. The highest BCUT2D eigenvalue weighted by Crippen LogP contribution is 2.24. The summed E-state index contributed by atoms with van der Waals surface area (Å²) in [6.07, 6.45) is 0.268. The molecule has 2 rings (SSSR count). The van der Waals surface area contributed by atoms with E-state index in [1.165, 1.54) is 0 Å². The molecule has 1 heterocycles. The largest absolute Gasteiger partial charge is 0.496 e. The number of morpholine rings is 1. The van der Waals surface area contributed by atoms with Gasteiger partial charge in [-0.05, 0) is 18.2 Å². The number of hydrogen-bond acceptors (Lipinski definition) is 3. The second-order valence-corrected chi connectivity index (χ2v) is 5.42. The number of alkyl halides is 1. The fourth-order valence-electron chi connectivity index (χ4n) is 2.13. The van der Waals surface area contributed by atoms with E-state index in [4.69, 9.17) is 21.1 Å². The van der Waals surface area contributed by atoms with Crippen molar-refractivity contribution in [3.63, 3.8) is 0 Å². The van der Waals surface area contributed by atoms with E-state index in [1.54, 1.807) is 7.11 Å². The number of nitrogens with zero attached hydrogens (tertiary/aromatic N) is 1. The molecule has 0 radical (unpaired) electrons. The molecule has 1 aliphatic heterocycles. The van der Waals surface area contributed by atoms with Gasteiger partial charge >= 0.3 is 0 Å². The minimum atomic E-state index is 0.268. The van der Waals surface area contributed by atoms with Crippen molar-refractivity contribution in [2.75, 3.05) is 32.1 Å². The lowest BCUT2D eigenvalue weighted by Crippen LogP contribution is -2.42. The third-order valence-electron chi connectivity index (χ3n) is 3.03. The summed E-state index contributed by atoms with van der Waals surface area (Å²) in [4.78, 5) is 2.36. The summed E-state index contributed by atoms with van der Waals surface area (Å²) in [7, 11) is 1.69. The van der Waals surface area contributed by atoms with Gasteiger partial charge in [0.25, 0.3) is 0 Å². The van der Waals surface area contributed by atoms with Crippen LogP contribution in [0.3, 0.4) is 0 Å². The highest BCUT2D eigenvalue weighted by atomic mass is 79.9. The van der Waals surface area contributed by atoms with Crippen molar-refractivity contribution in [3.05, 3.63) is 28.8 Å². The van der Waals surface area contributed by atoms with Gasteiger partial charge in [-0.2, -0.15) is 0 Å². The third kappa shape index (κ3) is 3.60. The quantitative estimate of drug-likeness (QED) is 0.790. The first-order valence-corrected chi connectivity index (χ1v) is 7.45. The SMILES string of the molecule is COc1ccc(Cl)cc1CN1CCOC(CBr)C1. The van der Waals surface area contributed by atoms with E-state index in [-0.39, 0.29) is 6.10 Å². The lowest BCUT2D eigenvalue weighted by Gasteiger charge is -2.32. The standard InChI is InChI=1S/C13H17BrClNO2/c1-17-13-3-2-11(15)6-10(13)8-16-4-5-18-12(7-14)9-16/h2-3,6,12H,4-5,7-9H2,1H3. The lowest BCUT2D eigenvalue weighted by atomic mass is 10.1. The van der Waals surface area contributed by atoms with E-state index in [0.717, 1.165) is 47.9 Å². The number of ether oxygens (including phenoxy) is 2. The fraction of sp³-hybridized carbons (Fsp3) is 0.538. The number of hydrogen-bond donors (Lipinski definition) is 0. The molecule has 1 aromatic carbocycles. The molecule has 0 spiro atoms. The van der Waals surface area contributed by atoms with Crippen molar-refractivity contribution in [2.45, 2.75) is 12.6 Å². The predicted molar refractivity (Wildman–Crippen MR) is 76.8 cm³/mol. The van der Waals surface area contributed by atoms with Crippen LogP contribution < -0.4 is 4.74 Å². The van der Waals surface area contributed by atoms with Gasteiger partial charge in [-0.15, -0.1) is 0 Å². The van der Waals surface area contributed by atoms with Gasteiger partial charge < -0.3 is 9.47 Å². The number of rotatable bonds is 4. The van der Waals surface area contributed by atoms with Gasteiger partial charge in [0, 0.05) is 35.6 Å². The van der Waals surface area contributed by atoms with Crippen LogP contribution in [0.25, 0.3) is 0 Å². The Bertz CT molecular complexity index is 403. The van der Waals surface area contributed by atoms with Gasteiger partial charge in [0.1, 0.15) is 5.75 Å². The van der Waals surface area contributed by atoms with E-state index >= 15 is 0 Å². The van der Waals surface area contributed by atoms with Crippen LogP contribution in [0.2, 0.25) is 5.02 Å². The maximum atomic E-state index is 6.04. The first-order chi connectivity index (χ1) is 8.72. The highest BCUT2D eigenvalue weighted by molar-refractivity contribution is 9.09. The van der Waals surface area contributed by atoms with Crippen LogP contribution in [0.4, 0.5) is 0 Å². The minimum Gasteiger partial charge on any atom is -0.496 e. The van der Waals surface area contributed by atoms with Crippen molar-refractivity contribution in [1.82, 2.24) is 4.90 Å². The Morgan fingerprint density at radius 3 is 3.11 bits per heavy atom. The van der Waals surface area contributed by atoms with Gasteiger partial charge in [-0.3, -0.25) is 4.90 Å². The Morgan fingerprint density at radius 1 is 1.56 bits per heavy atom. The molecule has 0 aliphatic carbocycles. The summed E-state index contributed by atoms with van der Waals surface area (Å²) in [5.41, 5.74) is 1.13. The molecule has 1 aromatic rings. The highest BCUT2D eigenvalue weighted by Gasteiger charge is 2.20. The van der Waals surface area contributed by atoms with Crippen LogP contribution in [0.1, 0.15) is 5.56 Å². The van der Waals surface area contributed by atoms with Gasteiger partial charge in [-0.25, -0.2) is 0 Å². The molecular formula is C13H17BrClNO2. The van der Waals surface area contributed by atoms with Gasteiger partial charge in [0.05, 0.1) is 19.8 Å². The predicted octanol–water partition coefficient (Wildman–Crippen LogP) is 2.94. The maximum Gasteiger partial charge on any atom is 0.123 e. The summed E-state index contributed by atoms with van der Waals surface area (Å²) in [5.74, 6) is 0.890. The van der Waals surface area contributed by atoms with E-state index in [0.29, 0.717) is 0 Å². The number of halogens is 2. The molecule has 0 bridgehead atoms. The molecule has 0 N–H and O–H groups in total. The molecule has 0 saturated carbocycles. The average Bonchev–Trinajstić information content (AvgIpc) is 2.39. The second-order valence-electron chi connectivity index (χ2n) is 4.34. The lowest BCUT2D eigenvalue weighted by molar-refractivity contribution is -0.0183. The molecule has 3 nitrogen and oxygen atoms in total. The molecule has 18 heavy (non-hydrogen) atoms. The molecule has 1 fully saturated rings. The first-order valence-electron chi connectivity index (χ1n) is 5.95. The Balaban J connectivity index is 2.06. The minimum absolute atomic E-state index is 0.268. The fourth-order valence-corrected chi connectivity index (χ4v) is 2.72. The van der Waals surface area contributed by atoms with Crippen molar-refractivity contribution in [1.29, 1.82) is 0 Å². The van der Waals surface area contributed by atoms with Gasteiger partial charge in [0.15, 0.2) is 0 Å². The zero-order chi connectivity index (χ0) is 13.0. The first kappa shape index (κ1) is 14.1. The third-order valence-corrected chi connectivity index (χ3v) is 3.99. The zero-order valence-electron chi connectivity index (χ0n) is 10.4. The summed E-state index contributed by atoms with van der Waals surface area (Å²) in [5, 5.41) is 1.62. The average molecular weight is 335 g/mol. The van der Waals surface area contributed by atoms with Crippen LogP contribution in [0, 0.1) is 0 Å². The molecule has 0 aromatic heterocycles. The van der Waals surface area contributed by atoms with Gasteiger partial charge in [0.2, 0.25) is 0 Å².